The van der Waals surface area contributed by atoms with Crippen LogP contribution < -0.4 is 0 Å². The summed E-state index contributed by atoms with van der Waals surface area (Å²) in [5.41, 5.74) is 8.92. The molecule has 7 aromatic carbocycles. The summed E-state index contributed by atoms with van der Waals surface area (Å²) in [7, 11) is 0. The minimum Gasteiger partial charge on any atom is -0.455 e. The third-order valence-electron chi connectivity index (χ3n) is 9.07. The maximum atomic E-state index is 6.81. The third kappa shape index (κ3) is 3.67. The Bertz CT molecular complexity index is 2810. The Hall–Kier alpha value is -6.26. The lowest BCUT2D eigenvalue weighted by Gasteiger charge is -2.09. The molecular weight excluding hydrogens is 564 g/mol. The fourth-order valence-electron chi connectivity index (χ4n) is 6.89. The van der Waals surface area contributed by atoms with Crippen molar-refractivity contribution in [3.63, 3.8) is 0 Å². The molecule has 10 aromatic rings. The van der Waals surface area contributed by atoms with Crippen molar-refractivity contribution < 1.29 is 8.83 Å². The van der Waals surface area contributed by atoms with Crippen molar-refractivity contribution in [3.8, 4) is 33.8 Å². The van der Waals surface area contributed by atoms with Gasteiger partial charge in [0.2, 0.25) is 0 Å². The molecule has 4 heteroatoms. The van der Waals surface area contributed by atoms with E-state index in [-0.39, 0.29) is 0 Å². The minimum atomic E-state index is 0.649. The number of furan rings is 2. The van der Waals surface area contributed by atoms with Crippen LogP contribution in [0, 0.1) is 0 Å². The number of para-hydroxylation sites is 2. The van der Waals surface area contributed by atoms with Gasteiger partial charge in [-0.15, -0.1) is 0 Å². The van der Waals surface area contributed by atoms with Gasteiger partial charge in [-0.25, -0.2) is 9.97 Å². The van der Waals surface area contributed by atoms with Crippen molar-refractivity contribution in [3.05, 3.63) is 146 Å². The van der Waals surface area contributed by atoms with Crippen molar-refractivity contribution in [2.24, 2.45) is 0 Å². The molecule has 0 aliphatic rings. The normalized spacial score (nSPS) is 11.9. The Morgan fingerprint density at radius 1 is 0.391 bits per heavy atom. The van der Waals surface area contributed by atoms with E-state index < -0.39 is 0 Å². The van der Waals surface area contributed by atoms with Crippen molar-refractivity contribution in [2.75, 3.05) is 0 Å². The van der Waals surface area contributed by atoms with Gasteiger partial charge in [0, 0.05) is 38.2 Å². The molecule has 0 N–H and O–H groups in total. The van der Waals surface area contributed by atoms with Gasteiger partial charge in [0.25, 0.3) is 0 Å². The molecule has 4 nitrogen and oxygen atoms in total. The van der Waals surface area contributed by atoms with E-state index in [2.05, 4.69) is 109 Å². The van der Waals surface area contributed by atoms with Gasteiger partial charge in [-0.1, -0.05) is 121 Å². The zero-order valence-corrected chi connectivity index (χ0v) is 24.6. The highest BCUT2D eigenvalue weighted by Gasteiger charge is 2.22. The third-order valence-corrected chi connectivity index (χ3v) is 9.07. The lowest BCUT2D eigenvalue weighted by Crippen LogP contribution is -1.95. The Morgan fingerprint density at radius 3 is 2.00 bits per heavy atom. The standard InChI is InChI=1S/C42H24N2O2/c1-2-12-26(13-3-1)37-41-38(33-17-8-9-20-36(33)45-41)44-42(43-37)35-24-34-32-19-10-18-29(28-22-21-25-11-4-5-14-27(25)23-28)39(32)46-40(34)31-16-7-6-15-30(31)35/h1-24H. The van der Waals surface area contributed by atoms with E-state index >= 15 is 0 Å². The van der Waals surface area contributed by atoms with Gasteiger partial charge in [0.1, 0.15) is 28.0 Å². The first-order valence-corrected chi connectivity index (χ1v) is 15.4. The Labute approximate surface area is 263 Å². The van der Waals surface area contributed by atoms with Gasteiger partial charge in [0.15, 0.2) is 11.4 Å². The number of rotatable bonds is 3. The van der Waals surface area contributed by atoms with Gasteiger partial charge in [-0.2, -0.15) is 0 Å². The van der Waals surface area contributed by atoms with Crippen LogP contribution in [0.5, 0.6) is 0 Å². The lowest BCUT2D eigenvalue weighted by atomic mass is 9.97. The molecular formula is C42H24N2O2. The van der Waals surface area contributed by atoms with Gasteiger partial charge in [-0.05, 0) is 46.0 Å². The summed E-state index contributed by atoms with van der Waals surface area (Å²) >= 11 is 0. The molecule has 0 fully saturated rings. The molecule has 0 unspecified atom stereocenters. The molecule has 10 rings (SSSR count). The van der Waals surface area contributed by atoms with Crippen molar-refractivity contribution in [2.45, 2.75) is 0 Å². The maximum Gasteiger partial charge on any atom is 0.180 e. The second kappa shape index (κ2) is 9.62. The van der Waals surface area contributed by atoms with Crippen LogP contribution in [0.25, 0.3) is 99.3 Å². The van der Waals surface area contributed by atoms with Gasteiger partial charge < -0.3 is 8.83 Å². The van der Waals surface area contributed by atoms with Crippen molar-refractivity contribution >= 4 is 65.6 Å². The largest absolute Gasteiger partial charge is 0.455 e. The topological polar surface area (TPSA) is 52.1 Å². The van der Waals surface area contributed by atoms with Crippen LogP contribution in [0.1, 0.15) is 0 Å². The number of fused-ring (bicyclic) bond motifs is 9. The fraction of sp³-hybridized carbons (Fsp3) is 0. The predicted octanol–water partition coefficient (Wildman–Crippen LogP) is 11.6. The van der Waals surface area contributed by atoms with E-state index in [0.717, 1.165) is 77.1 Å². The SMILES string of the molecule is c1ccc(-c2nc(-c3cc4c5cccc(-c6ccc7ccccc7c6)c5oc4c4ccccc34)nc3c2oc2ccccc23)cc1. The highest BCUT2D eigenvalue weighted by atomic mass is 16.3. The van der Waals surface area contributed by atoms with Gasteiger partial charge in [-0.3, -0.25) is 0 Å². The quantitative estimate of drug-likeness (QED) is 0.206. The van der Waals surface area contributed by atoms with E-state index in [1.807, 2.05) is 36.4 Å². The van der Waals surface area contributed by atoms with Crippen molar-refractivity contribution in [1.82, 2.24) is 9.97 Å². The average molecular weight is 589 g/mol. The van der Waals surface area contributed by atoms with Crippen LogP contribution in [0.15, 0.2) is 154 Å². The van der Waals surface area contributed by atoms with Gasteiger partial charge in [0.05, 0.1) is 0 Å². The van der Waals surface area contributed by atoms with E-state index in [9.17, 15) is 0 Å². The zero-order chi connectivity index (χ0) is 30.2. The average Bonchev–Trinajstić information content (AvgIpc) is 3.70. The van der Waals surface area contributed by atoms with E-state index in [1.54, 1.807) is 0 Å². The van der Waals surface area contributed by atoms with Crippen molar-refractivity contribution in [1.29, 1.82) is 0 Å². The van der Waals surface area contributed by atoms with Crippen LogP contribution in [0.4, 0.5) is 0 Å². The molecule has 3 heterocycles. The fourth-order valence-corrected chi connectivity index (χ4v) is 6.89. The van der Waals surface area contributed by atoms with E-state index in [4.69, 9.17) is 18.8 Å². The smallest absolute Gasteiger partial charge is 0.180 e. The number of hydrogen-bond donors (Lipinski definition) is 0. The Balaban J connectivity index is 1.28. The number of aromatic nitrogens is 2. The second-order valence-electron chi connectivity index (χ2n) is 11.7. The molecule has 3 aromatic heterocycles. The summed E-state index contributed by atoms with van der Waals surface area (Å²) in [6.45, 7) is 0. The zero-order valence-electron chi connectivity index (χ0n) is 24.6. The van der Waals surface area contributed by atoms with Crippen LogP contribution >= 0.6 is 0 Å². The molecule has 0 aliphatic carbocycles. The highest BCUT2D eigenvalue weighted by Crippen LogP contribution is 2.43. The molecule has 0 spiro atoms. The van der Waals surface area contributed by atoms with E-state index in [1.165, 1.54) is 10.8 Å². The summed E-state index contributed by atoms with van der Waals surface area (Å²) in [5, 5.41) is 7.55. The van der Waals surface area contributed by atoms with Crippen LogP contribution in [-0.2, 0) is 0 Å². The van der Waals surface area contributed by atoms with Crippen LogP contribution in [0.3, 0.4) is 0 Å². The number of hydrogen-bond acceptors (Lipinski definition) is 4. The summed E-state index contributed by atoms with van der Waals surface area (Å²) in [4.78, 5) is 10.4. The Morgan fingerprint density at radius 2 is 1.11 bits per heavy atom. The van der Waals surface area contributed by atoms with E-state index in [0.29, 0.717) is 11.4 Å². The lowest BCUT2D eigenvalue weighted by molar-refractivity contribution is 0.667. The summed E-state index contributed by atoms with van der Waals surface area (Å²) < 4.78 is 13.2. The molecule has 0 radical (unpaired) electrons. The summed E-state index contributed by atoms with van der Waals surface area (Å²) in [5.74, 6) is 0.649. The second-order valence-corrected chi connectivity index (χ2v) is 11.7. The molecule has 0 saturated heterocycles. The molecule has 0 saturated carbocycles. The molecule has 0 atom stereocenters. The van der Waals surface area contributed by atoms with Gasteiger partial charge >= 0.3 is 0 Å². The summed E-state index contributed by atoms with van der Waals surface area (Å²) in [6.07, 6.45) is 0. The first-order valence-electron chi connectivity index (χ1n) is 15.4. The molecule has 0 amide bonds. The highest BCUT2D eigenvalue weighted by molar-refractivity contribution is 6.21. The number of benzene rings is 7. The van der Waals surface area contributed by atoms with Crippen LogP contribution in [0.2, 0.25) is 0 Å². The molecule has 214 valence electrons. The van der Waals surface area contributed by atoms with Crippen LogP contribution in [-0.4, -0.2) is 9.97 Å². The predicted molar refractivity (Wildman–Crippen MR) is 188 cm³/mol. The molecule has 46 heavy (non-hydrogen) atoms. The Kier molecular flexibility index (Phi) is 5.25. The minimum absolute atomic E-state index is 0.649. The molecule has 0 bridgehead atoms. The maximum absolute atomic E-state index is 6.81. The number of nitrogens with zero attached hydrogens (tertiary/aromatic N) is 2. The molecule has 0 aliphatic heterocycles. The summed E-state index contributed by atoms with van der Waals surface area (Å²) in [6, 6.07) is 50.3. The monoisotopic (exact) mass is 588 g/mol. The first-order chi connectivity index (χ1) is 22.8. The first kappa shape index (κ1) is 25.1.